The Kier molecular flexibility index (Phi) is 10.2. The number of aromatic nitrogens is 4. The summed E-state index contributed by atoms with van der Waals surface area (Å²) < 4.78 is 62.4. The normalized spacial score (nSPS) is 15.3. The molecule has 1 aromatic heterocycles. The van der Waals surface area contributed by atoms with E-state index in [1.165, 1.54) is 4.31 Å². The number of hydrogen-bond donors (Lipinski definition) is 0. The van der Waals surface area contributed by atoms with Crippen LogP contribution in [0.4, 0.5) is 0 Å². The summed E-state index contributed by atoms with van der Waals surface area (Å²) in [6, 6.07) is 27.3. The van der Waals surface area contributed by atoms with Crippen LogP contribution < -0.4 is 19.7 Å². The molecule has 0 atom stereocenters. The van der Waals surface area contributed by atoms with Crippen LogP contribution in [0.15, 0.2) is 95.9 Å². The summed E-state index contributed by atoms with van der Waals surface area (Å²) >= 11 is 0. The van der Waals surface area contributed by atoms with Gasteiger partial charge in [-0.25, -0.2) is 13.1 Å². The minimum Gasteiger partial charge on any atom is -0.497 e. The van der Waals surface area contributed by atoms with Crippen molar-refractivity contribution in [3.8, 4) is 28.6 Å². The Bertz CT molecular complexity index is 2000. The summed E-state index contributed by atoms with van der Waals surface area (Å²) in [4.78, 5) is 0.0162. The number of hydrogen-bond acceptors (Lipinski definition) is 10. The maximum absolute atomic E-state index is 15.2. The first-order valence-electron chi connectivity index (χ1n) is 16.5. The van der Waals surface area contributed by atoms with Gasteiger partial charge in [0.2, 0.25) is 10.0 Å². The number of methoxy groups -OCH3 is 3. The second kappa shape index (κ2) is 14.5. The third-order valence-electron chi connectivity index (χ3n) is 9.47. The first-order chi connectivity index (χ1) is 24.3. The number of ether oxygens (including phenoxy) is 3. The quantitative estimate of drug-likeness (QED) is 0.152. The van der Waals surface area contributed by atoms with Gasteiger partial charge in [0, 0.05) is 18.7 Å². The summed E-state index contributed by atoms with van der Waals surface area (Å²) in [5, 5.41) is 12.7. The van der Waals surface area contributed by atoms with Gasteiger partial charge in [0.25, 0.3) is 0 Å². The topological polar surface area (TPSA) is 127 Å². The van der Waals surface area contributed by atoms with E-state index >= 15 is 8.42 Å². The predicted molar refractivity (Wildman–Crippen MR) is 193 cm³/mol. The van der Waals surface area contributed by atoms with Crippen LogP contribution in [0.3, 0.4) is 0 Å². The molecular weight excluding hydrogens is 669 g/mol. The molecule has 12 nitrogen and oxygen atoms in total. The summed E-state index contributed by atoms with van der Waals surface area (Å²) in [6.07, 6.45) is 0. The van der Waals surface area contributed by atoms with Gasteiger partial charge in [-0.05, 0) is 103 Å². The molecular formula is C37H42BN5O7S. The van der Waals surface area contributed by atoms with Crippen molar-refractivity contribution in [2.75, 3.05) is 21.3 Å². The molecule has 0 unspecified atom stereocenters. The summed E-state index contributed by atoms with van der Waals surface area (Å²) in [5.41, 5.74) is 1.86. The highest BCUT2D eigenvalue weighted by molar-refractivity contribution is 7.89. The van der Waals surface area contributed by atoms with Crippen LogP contribution >= 0.6 is 0 Å². The third kappa shape index (κ3) is 7.50. The molecule has 0 saturated carbocycles. The van der Waals surface area contributed by atoms with Crippen LogP contribution in [-0.4, -0.2) is 72.6 Å². The van der Waals surface area contributed by atoms with Gasteiger partial charge in [-0.1, -0.05) is 48.5 Å². The number of sulfonamides is 1. The van der Waals surface area contributed by atoms with Gasteiger partial charge in [0.1, 0.15) is 17.2 Å². The molecule has 1 fully saturated rings. The maximum atomic E-state index is 15.2. The van der Waals surface area contributed by atoms with Crippen LogP contribution in [0.1, 0.15) is 44.4 Å². The highest BCUT2D eigenvalue weighted by atomic mass is 32.2. The van der Waals surface area contributed by atoms with Gasteiger partial charge in [-0.15, -0.1) is 5.10 Å². The monoisotopic (exact) mass is 711 g/mol. The molecule has 2 heterocycles. The number of nitrogens with zero attached hydrogens (tertiary/aromatic N) is 5. The van der Waals surface area contributed by atoms with Crippen molar-refractivity contribution >= 4 is 22.6 Å². The molecule has 0 radical (unpaired) electrons. The fourth-order valence-electron chi connectivity index (χ4n) is 5.80. The van der Waals surface area contributed by atoms with Crippen LogP contribution in [0.25, 0.3) is 11.4 Å². The van der Waals surface area contributed by atoms with Crippen LogP contribution in [-0.2, 0) is 39.0 Å². The van der Waals surface area contributed by atoms with Crippen molar-refractivity contribution < 1.29 is 31.9 Å². The minimum absolute atomic E-state index is 0.0162. The molecule has 6 rings (SSSR count). The fourth-order valence-corrected chi connectivity index (χ4v) is 7.43. The van der Waals surface area contributed by atoms with Gasteiger partial charge in [-0.2, -0.15) is 4.31 Å². The van der Waals surface area contributed by atoms with Gasteiger partial charge >= 0.3 is 7.12 Å². The second-order valence-corrected chi connectivity index (χ2v) is 15.2. The number of benzene rings is 4. The van der Waals surface area contributed by atoms with E-state index in [1.54, 1.807) is 44.2 Å². The highest BCUT2D eigenvalue weighted by Crippen LogP contribution is 2.38. The van der Waals surface area contributed by atoms with E-state index in [1.807, 2.05) is 100 Å². The molecule has 1 saturated heterocycles. The Morgan fingerprint density at radius 1 is 0.706 bits per heavy atom. The Morgan fingerprint density at radius 2 is 1.18 bits per heavy atom. The number of rotatable bonds is 13. The zero-order chi connectivity index (χ0) is 36.4. The van der Waals surface area contributed by atoms with E-state index in [4.69, 9.17) is 23.5 Å². The lowest BCUT2D eigenvalue weighted by molar-refractivity contribution is 0.00578. The SMILES string of the molecule is COc1ccc(CN(Cc2ccc(OC)cc2)S(=O)(=O)c2cccc(B3OC(C)(C)C(C)(C)O3)c2-c2nnnn2Cc2ccc(OC)cc2)cc1. The third-order valence-corrected chi connectivity index (χ3v) is 11.3. The lowest BCUT2D eigenvalue weighted by Gasteiger charge is -2.32. The molecule has 0 aliphatic carbocycles. The van der Waals surface area contributed by atoms with Crippen molar-refractivity contribution in [1.82, 2.24) is 24.5 Å². The molecule has 0 bridgehead atoms. The van der Waals surface area contributed by atoms with Crippen LogP contribution in [0.2, 0.25) is 0 Å². The maximum Gasteiger partial charge on any atom is 0.495 e. The van der Waals surface area contributed by atoms with E-state index in [2.05, 4.69) is 15.5 Å². The Hall–Kier alpha value is -4.76. The van der Waals surface area contributed by atoms with Gasteiger partial charge in [0.15, 0.2) is 5.82 Å². The van der Waals surface area contributed by atoms with Crippen molar-refractivity contribution in [2.45, 2.75) is 63.4 Å². The summed E-state index contributed by atoms with van der Waals surface area (Å²) in [7, 11) is -0.374. The zero-order valence-corrected chi connectivity index (χ0v) is 30.7. The van der Waals surface area contributed by atoms with Crippen molar-refractivity contribution in [1.29, 1.82) is 0 Å². The van der Waals surface area contributed by atoms with Gasteiger partial charge in [0.05, 0.1) is 44.0 Å². The molecule has 5 aromatic rings. The number of tetrazole rings is 1. The molecule has 266 valence electrons. The Labute approximate surface area is 299 Å². The largest absolute Gasteiger partial charge is 0.497 e. The average Bonchev–Trinajstić information content (AvgIpc) is 3.67. The smallest absolute Gasteiger partial charge is 0.495 e. The first kappa shape index (κ1) is 36.0. The molecule has 1 aliphatic heterocycles. The summed E-state index contributed by atoms with van der Waals surface area (Å²) in [6.45, 7) is 8.23. The van der Waals surface area contributed by atoms with E-state index < -0.39 is 28.3 Å². The highest BCUT2D eigenvalue weighted by Gasteiger charge is 2.53. The van der Waals surface area contributed by atoms with E-state index in [9.17, 15) is 0 Å². The van der Waals surface area contributed by atoms with Crippen LogP contribution in [0.5, 0.6) is 17.2 Å². The molecule has 1 aliphatic rings. The zero-order valence-electron chi connectivity index (χ0n) is 29.9. The minimum atomic E-state index is -4.26. The second-order valence-electron chi connectivity index (χ2n) is 13.3. The van der Waals surface area contributed by atoms with E-state index in [-0.39, 0.29) is 30.4 Å². The van der Waals surface area contributed by atoms with E-state index in [0.29, 0.717) is 28.3 Å². The molecule has 0 N–H and O–H groups in total. The lowest BCUT2D eigenvalue weighted by atomic mass is 9.75. The lowest BCUT2D eigenvalue weighted by Crippen LogP contribution is -2.41. The van der Waals surface area contributed by atoms with Gasteiger partial charge < -0.3 is 23.5 Å². The standard InChI is InChI=1S/C37H42BN5O7S/c1-36(2)37(3,4)50-38(49-36)32-9-8-10-33(34(32)35-39-40-41-43(35)25-28-15-21-31(48-7)22-16-28)51(44,45)42(23-26-11-17-29(46-5)18-12-26)24-27-13-19-30(47-6)20-14-27/h8-22H,23-25H2,1-7H3. The van der Waals surface area contributed by atoms with Crippen molar-refractivity contribution in [3.63, 3.8) is 0 Å². The fraction of sp³-hybridized carbons (Fsp3) is 0.324. The predicted octanol–water partition coefficient (Wildman–Crippen LogP) is 5.10. The van der Waals surface area contributed by atoms with E-state index in [0.717, 1.165) is 16.7 Å². The average molecular weight is 712 g/mol. The molecule has 0 amide bonds. The van der Waals surface area contributed by atoms with Crippen LogP contribution in [0, 0.1) is 0 Å². The molecule has 4 aromatic carbocycles. The Morgan fingerprint density at radius 3 is 1.65 bits per heavy atom. The van der Waals surface area contributed by atoms with Crippen molar-refractivity contribution in [2.24, 2.45) is 0 Å². The molecule has 0 spiro atoms. The first-order valence-corrected chi connectivity index (χ1v) is 17.9. The van der Waals surface area contributed by atoms with Crippen molar-refractivity contribution in [3.05, 3.63) is 108 Å². The van der Waals surface area contributed by atoms with Gasteiger partial charge in [-0.3, -0.25) is 0 Å². The Balaban J connectivity index is 1.50. The summed E-state index contributed by atoms with van der Waals surface area (Å²) in [5.74, 6) is 2.31. The molecule has 51 heavy (non-hydrogen) atoms. The molecule has 14 heteroatoms.